The van der Waals surface area contributed by atoms with Crippen molar-refractivity contribution in [2.24, 2.45) is 0 Å². The third-order valence-electron chi connectivity index (χ3n) is 4.65. The van der Waals surface area contributed by atoms with Crippen LogP contribution in [0.4, 0.5) is 11.4 Å². The van der Waals surface area contributed by atoms with Crippen molar-refractivity contribution in [3.63, 3.8) is 0 Å². The lowest BCUT2D eigenvalue weighted by molar-refractivity contribution is -0.119. The zero-order chi connectivity index (χ0) is 20.5. The average Bonchev–Trinajstić information content (AvgIpc) is 3.02. The lowest BCUT2D eigenvalue weighted by atomic mass is 10.0. The predicted octanol–water partition coefficient (Wildman–Crippen LogP) is 2.28. The van der Waals surface area contributed by atoms with Crippen LogP contribution in [0.25, 0.3) is 0 Å². The molecule has 2 amide bonds. The SMILES string of the molecule is COc1ccc2c(c1OC)C(=O)O[C@@H]2CC(=O)Nc1ccc2c(c1)NC(=O)CO2. The Kier molecular flexibility index (Phi) is 4.71. The first kappa shape index (κ1) is 18.6. The predicted molar refractivity (Wildman–Crippen MR) is 102 cm³/mol. The summed E-state index contributed by atoms with van der Waals surface area (Å²) in [5.74, 6) is 0.0349. The first-order valence-corrected chi connectivity index (χ1v) is 8.82. The Morgan fingerprint density at radius 3 is 2.79 bits per heavy atom. The van der Waals surface area contributed by atoms with Crippen LogP contribution in [-0.2, 0) is 14.3 Å². The standard InChI is InChI=1S/C20H18N2O7/c1-26-14-6-4-11-15(29-20(25)18(11)19(14)27-2)8-16(23)21-10-3-5-13-12(7-10)22-17(24)9-28-13/h3-7,15H,8-9H2,1-2H3,(H,21,23)(H,22,24)/t15-/m1/s1. The highest BCUT2D eigenvalue weighted by molar-refractivity contribution is 6.00. The number of nitrogens with one attached hydrogen (secondary N) is 2. The smallest absolute Gasteiger partial charge is 0.343 e. The second kappa shape index (κ2) is 7.34. The molecule has 2 N–H and O–H groups in total. The van der Waals surface area contributed by atoms with Gasteiger partial charge in [0.1, 0.15) is 17.4 Å². The van der Waals surface area contributed by atoms with Gasteiger partial charge in [-0.05, 0) is 24.3 Å². The van der Waals surface area contributed by atoms with Crippen molar-refractivity contribution in [2.45, 2.75) is 12.5 Å². The van der Waals surface area contributed by atoms with E-state index in [1.807, 2.05) is 0 Å². The van der Waals surface area contributed by atoms with Gasteiger partial charge in [-0.3, -0.25) is 9.59 Å². The van der Waals surface area contributed by atoms with Gasteiger partial charge in [0.05, 0.1) is 26.3 Å². The van der Waals surface area contributed by atoms with Gasteiger partial charge >= 0.3 is 5.97 Å². The minimum atomic E-state index is -0.738. The molecule has 9 nitrogen and oxygen atoms in total. The number of benzene rings is 2. The van der Waals surface area contributed by atoms with Crippen LogP contribution in [0.1, 0.15) is 28.4 Å². The highest BCUT2D eigenvalue weighted by Gasteiger charge is 2.36. The number of amides is 2. The van der Waals surface area contributed by atoms with Crippen molar-refractivity contribution in [1.82, 2.24) is 0 Å². The molecular formula is C20H18N2O7. The molecule has 2 heterocycles. The van der Waals surface area contributed by atoms with Crippen molar-refractivity contribution in [1.29, 1.82) is 0 Å². The van der Waals surface area contributed by atoms with Gasteiger partial charge in [-0.15, -0.1) is 0 Å². The van der Waals surface area contributed by atoms with Gasteiger partial charge in [-0.25, -0.2) is 4.79 Å². The van der Waals surface area contributed by atoms with Crippen molar-refractivity contribution in [3.05, 3.63) is 41.5 Å². The second-order valence-electron chi connectivity index (χ2n) is 6.46. The van der Waals surface area contributed by atoms with Crippen LogP contribution >= 0.6 is 0 Å². The molecule has 0 aliphatic carbocycles. The number of fused-ring (bicyclic) bond motifs is 2. The van der Waals surface area contributed by atoms with E-state index in [2.05, 4.69) is 10.6 Å². The molecular weight excluding hydrogens is 380 g/mol. The minimum absolute atomic E-state index is 0.0423. The molecule has 0 aromatic heterocycles. The quantitative estimate of drug-likeness (QED) is 0.743. The Labute approximate surface area is 165 Å². The molecule has 2 aromatic carbocycles. The summed E-state index contributed by atoms with van der Waals surface area (Å²) in [6.07, 6.45) is -0.813. The van der Waals surface area contributed by atoms with E-state index in [0.29, 0.717) is 28.4 Å². The highest BCUT2D eigenvalue weighted by atomic mass is 16.6. The molecule has 2 aliphatic heterocycles. The number of ether oxygens (including phenoxy) is 4. The van der Waals surface area contributed by atoms with E-state index in [4.69, 9.17) is 18.9 Å². The first-order chi connectivity index (χ1) is 14.0. The van der Waals surface area contributed by atoms with Crippen molar-refractivity contribution in [2.75, 3.05) is 31.5 Å². The number of methoxy groups -OCH3 is 2. The normalized spacial score (nSPS) is 16.7. The van der Waals surface area contributed by atoms with Crippen molar-refractivity contribution >= 4 is 29.2 Å². The number of rotatable bonds is 5. The number of hydrogen-bond acceptors (Lipinski definition) is 7. The van der Waals surface area contributed by atoms with E-state index in [-0.39, 0.29) is 36.2 Å². The fraction of sp³-hybridized carbons (Fsp3) is 0.250. The van der Waals surface area contributed by atoms with Gasteiger partial charge in [-0.2, -0.15) is 0 Å². The minimum Gasteiger partial charge on any atom is -0.493 e. The van der Waals surface area contributed by atoms with Gasteiger partial charge in [0.2, 0.25) is 5.91 Å². The topological polar surface area (TPSA) is 112 Å². The molecule has 4 rings (SSSR count). The van der Waals surface area contributed by atoms with E-state index in [0.717, 1.165) is 0 Å². The Balaban J connectivity index is 1.50. The summed E-state index contributed by atoms with van der Waals surface area (Å²) >= 11 is 0. The zero-order valence-electron chi connectivity index (χ0n) is 15.7. The molecule has 1 atom stereocenters. The van der Waals surface area contributed by atoms with Gasteiger partial charge in [0, 0.05) is 11.3 Å². The van der Waals surface area contributed by atoms with Crippen molar-refractivity contribution < 1.29 is 33.3 Å². The van der Waals surface area contributed by atoms with Gasteiger partial charge in [-0.1, -0.05) is 6.07 Å². The maximum absolute atomic E-state index is 12.5. The van der Waals surface area contributed by atoms with Crippen LogP contribution in [-0.4, -0.2) is 38.6 Å². The van der Waals surface area contributed by atoms with E-state index in [1.54, 1.807) is 30.3 Å². The molecule has 2 aromatic rings. The Hall–Kier alpha value is -3.75. The molecule has 0 unspecified atom stereocenters. The molecule has 0 fully saturated rings. The molecule has 0 saturated carbocycles. The molecule has 0 saturated heterocycles. The first-order valence-electron chi connectivity index (χ1n) is 8.82. The number of anilines is 2. The second-order valence-corrected chi connectivity index (χ2v) is 6.46. The molecule has 0 spiro atoms. The van der Waals surface area contributed by atoms with Crippen LogP contribution in [0.15, 0.2) is 30.3 Å². The molecule has 0 bridgehead atoms. The fourth-order valence-corrected chi connectivity index (χ4v) is 3.37. The fourth-order valence-electron chi connectivity index (χ4n) is 3.37. The van der Waals surface area contributed by atoms with E-state index in [1.165, 1.54) is 14.2 Å². The molecule has 150 valence electrons. The van der Waals surface area contributed by atoms with Gasteiger partial charge < -0.3 is 29.6 Å². The highest BCUT2D eigenvalue weighted by Crippen LogP contribution is 2.43. The van der Waals surface area contributed by atoms with Crippen LogP contribution in [0, 0.1) is 0 Å². The number of carbonyl (C=O) groups excluding carboxylic acids is 3. The van der Waals surface area contributed by atoms with E-state index >= 15 is 0 Å². The maximum atomic E-state index is 12.5. The van der Waals surface area contributed by atoms with Crippen LogP contribution in [0.3, 0.4) is 0 Å². The lowest BCUT2D eigenvalue weighted by Crippen LogP contribution is -2.25. The molecule has 29 heavy (non-hydrogen) atoms. The Bertz CT molecular complexity index is 1020. The van der Waals surface area contributed by atoms with Crippen LogP contribution < -0.4 is 24.8 Å². The molecule has 9 heteroatoms. The number of esters is 1. The maximum Gasteiger partial charge on any atom is 0.343 e. The summed E-state index contributed by atoms with van der Waals surface area (Å²) in [4.78, 5) is 36.3. The monoisotopic (exact) mass is 398 g/mol. The third-order valence-corrected chi connectivity index (χ3v) is 4.65. The lowest BCUT2D eigenvalue weighted by Gasteiger charge is -2.19. The number of hydrogen-bond donors (Lipinski definition) is 2. The van der Waals surface area contributed by atoms with E-state index < -0.39 is 12.1 Å². The van der Waals surface area contributed by atoms with Crippen LogP contribution in [0.2, 0.25) is 0 Å². The summed E-state index contributed by atoms with van der Waals surface area (Å²) in [6.45, 7) is -0.0423. The molecule has 0 radical (unpaired) electrons. The summed E-state index contributed by atoms with van der Waals surface area (Å²) in [7, 11) is 2.91. The number of carbonyl (C=O) groups is 3. The van der Waals surface area contributed by atoms with Gasteiger partial charge in [0.15, 0.2) is 18.1 Å². The van der Waals surface area contributed by atoms with Gasteiger partial charge in [0.25, 0.3) is 5.91 Å². The van der Waals surface area contributed by atoms with Crippen LogP contribution in [0.5, 0.6) is 17.2 Å². The molecule has 2 aliphatic rings. The number of cyclic esters (lactones) is 1. The third kappa shape index (κ3) is 3.42. The average molecular weight is 398 g/mol. The summed E-state index contributed by atoms with van der Waals surface area (Å²) in [5.41, 5.74) is 1.79. The van der Waals surface area contributed by atoms with Crippen molar-refractivity contribution in [3.8, 4) is 17.2 Å². The zero-order valence-corrected chi connectivity index (χ0v) is 15.7. The largest absolute Gasteiger partial charge is 0.493 e. The summed E-state index contributed by atoms with van der Waals surface area (Å²) in [5, 5.41) is 5.42. The summed E-state index contributed by atoms with van der Waals surface area (Å²) in [6, 6.07) is 8.28. The summed E-state index contributed by atoms with van der Waals surface area (Å²) < 4.78 is 21.2. The Morgan fingerprint density at radius 1 is 1.21 bits per heavy atom. The van der Waals surface area contributed by atoms with E-state index in [9.17, 15) is 14.4 Å². The Morgan fingerprint density at radius 2 is 2.03 bits per heavy atom.